The summed E-state index contributed by atoms with van der Waals surface area (Å²) in [4.78, 5) is 32.9. The summed E-state index contributed by atoms with van der Waals surface area (Å²) in [5.41, 5.74) is 2.08. The number of nitrogens with zero attached hydrogens (tertiary/aromatic N) is 3. The summed E-state index contributed by atoms with van der Waals surface area (Å²) < 4.78 is 7.32. The quantitative estimate of drug-likeness (QED) is 0.391. The van der Waals surface area contributed by atoms with Gasteiger partial charge in [0.05, 0.1) is 18.3 Å². The van der Waals surface area contributed by atoms with Gasteiger partial charge in [-0.1, -0.05) is 33.1 Å². The van der Waals surface area contributed by atoms with E-state index < -0.39 is 6.04 Å². The highest BCUT2D eigenvalue weighted by atomic mass is 16.5. The Morgan fingerprint density at radius 1 is 1.17 bits per heavy atom. The van der Waals surface area contributed by atoms with E-state index in [2.05, 4.69) is 19.9 Å². The molecule has 0 unspecified atom stereocenters. The highest BCUT2D eigenvalue weighted by molar-refractivity contribution is 5.84. The molecule has 0 fully saturated rings. The molecule has 0 aliphatic rings. The zero-order valence-corrected chi connectivity index (χ0v) is 18.8. The van der Waals surface area contributed by atoms with Gasteiger partial charge in [0.1, 0.15) is 17.4 Å². The fraction of sp³-hybridized carbons (Fsp3) is 0.652. The number of fused-ring (bicyclic) bond motifs is 1. The van der Waals surface area contributed by atoms with Gasteiger partial charge in [0.2, 0.25) is 5.91 Å². The first-order valence-electron chi connectivity index (χ1n) is 11.1. The maximum absolute atomic E-state index is 12.2. The van der Waals surface area contributed by atoms with Gasteiger partial charge in [-0.2, -0.15) is 0 Å². The van der Waals surface area contributed by atoms with Crippen LogP contribution in [-0.2, 0) is 20.9 Å². The molecule has 0 aliphatic heterocycles. The summed E-state index contributed by atoms with van der Waals surface area (Å²) in [6.07, 6.45) is 9.79. The molecule has 1 N–H and O–H groups in total. The van der Waals surface area contributed by atoms with Crippen molar-refractivity contribution in [2.45, 2.75) is 85.2 Å². The molecular formula is C23H36N4O3. The van der Waals surface area contributed by atoms with Gasteiger partial charge in [0.15, 0.2) is 0 Å². The van der Waals surface area contributed by atoms with Crippen molar-refractivity contribution in [2.24, 2.45) is 5.92 Å². The standard InChI is InChI=1S/C23H36N4O3/c1-5-30-23(29)19(15-17(2)3)26-22(28)11-9-7-6-8-10-14-27-18(4)25-20-16-24-13-12-21(20)27/h12-13,16-17,19H,5-11,14-15H2,1-4H3,(H,26,28)/t19-/m0/s1. The van der Waals surface area contributed by atoms with Gasteiger partial charge in [-0.05, 0) is 45.1 Å². The van der Waals surface area contributed by atoms with Gasteiger partial charge in [-0.3, -0.25) is 9.78 Å². The number of nitrogens with one attached hydrogen (secondary N) is 1. The van der Waals surface area contributed by atoms with E-state index in [0.29, 0.717) is 25.4 Å². The highest BCUT2D eigenvalue weighted by Gasteiger charge is 2.22. The van der Waals surface area contributed by atoms with E-state index in [1.54, 1.807) is 19.3 Å². The fourth-order valence-electron chi connectivity index (χ4n) is 3.67. The third-order valence-electron chi connectivity index (χ3n) is 5.14. The molecule has 30 heavy (non-hydrogen) atoms. The summed E-state index contributed by atoms with van der Waals surface area (Å²) in [6, 6.07) is 1.47. The van der Waals surface area contributed by atoms with Crippen molar-refractivity contribution in [1.82, 2.24) is 19.9 Å². The number of hydrogen-bond donors (Lipinski definition) is 1. The summed E-state index contributed by atoms with van der Waals surface area (Å²) in [7, 11) is 0. The van der Waals surface area contributed by atoms with Crippen LogP contribution in [0.15, 0.2) is 18.5 Å². The number of ether oxygens (including phenoxy) is 1. The van der Waals surface area contributed by atoms with Crippen LogP contribution in [-0.4, -0.2) is 39.1 Å². The number of carbonyl (C=O) groups is 2. The highest BCUT2D eigenvalue weighted by Crippen LogP contribution is 2.16. The number of unbranched alkanes of at least 4 members (excludes halogenated alkanes) is 4. The van der Waals surface area contributed by atoms with Crippen molar-refractivity contribution in [2.75, 3.05) is 6.61 Å². The number of carbonyl (C=O) groups excluding carboxylic acids is 2. The van der Waals surface area contributed by atoms with Crippen LogP contribution in [0.25, 0.3) is 11.0 Å². The van der Waals surface area contributed by atoms with Crippen LogP contribution in [0.5, 0.6) is 0 Å². The van der Waals surface area contributed by atoms with E-state index in [1.807, 2.05) is 26.8 Å². The molecule has 0 radical (unpaired) electrons. The van der Waals surface area contributed by atoms with Crippen molar-refractivity contribution in [1.29, 1.82) is 0 Å². The first-order valence-corrected chi connectivity index (χ1v) is 11.1. The smallest absolute Gasteiger partial charge is 0.328 e. The zero-order chi connectivity index (χ0) is 21.9. The second-order valence-corrected chi connectivity index (χ2v) is 8.19. The lowest BCUT2D eigenvalue weighted by molar-refractivity contribution is -0.147. The number of rotatable bonds is 13. The van der Waals surface area contributed by atoms with Gasteiger partial charge < -0.3 is 14.6 Å². The predicted molar refractivity (Wildman–Crippen MR) is 118 cm³/mol. The normalized spacial score (nSPS) is 12.3. The van der Waals surface area contributed by atoms with Crippen LogP contribution in [0.2, 0.25) is 0 Å². The Morgan fingerprint density at radius 3 is 2.63 bits per heavy atom. The molecule has 2 heterocycles. The third kappa shape index (κ3) is 7.43. The molecule has 0 saturated carbocycles. The average Bonchev–Trinajstić information content (AvgIpc) is 3.01. The van der Waals surface area contributed by atoms with Crippen LogP contribution in [0.3, 0.4) is 0 Å². The number of pyridine rings is 1. The SMILES string of the molecule is CCOC(=O)[C@H](CC(C)C)NC(=O)CCCCCCCn1c(C)nc2cnccc21. The fourth-order valence-corrected chi connectivity index (χ4v) is 3.67. The molecule has 0 aliphatic carbocycles. The van der Waals surface area contributed by atoms with Crippen molar-refractivity contribution in [3.8, 4) is 0 Å². The van der Waals surface area contributed by atoms with E-state index in [1.165, 1.54) is 0 Å². The minimum absolute atomic E-state index is 0.0668. The van der Waals surface area contributed by atoms with Crippen molar-refractivity contribution in [3.05, 3.63) is 24.3 Å². The Bertz CT molecular complexity index is 816. The summed E-state index contributed by atoms with van der Waals surface area (Å²) in [5.74, 6) is 0.930. The molecule has 0 saturated heterocycles. The van der Waals surface area contributed by atoms with E-state index in [4.69, 9.17) is 4.74 Å². The third-order valence-corrected chi connectivity index (χ3v) is 5.14. The monoisotopic (exact) mass is 416 g/mol. The molecule has 166 valence electrons. The van der Waals surface area contributed by atoms with Gasteiger partial charge in [-0.15, -0.1) is 0 Å². The van der Waals surface area contributed by atoms with E-state index in [-0.39, 0.29) is 11.9 Å². The topological polar surface area (TPSA) is 86.1 Å². The molecule has 2 aromatic rings. The Hall–Kier alpha value is -2.44. The van der Waals surface area contributed by atoms with Crippen LogP contribution in [0, 0.1) is 12.8 Å². The number of aromatic nitrogens is 3. The Morgan fingerprint density at radius 2 is 1.90 bits per heavy atom. The molecule has 0 aromatic carbocycles. The van der Waals surface area contributed by atoms with Gasteiger partial charge >= 0.3 is 5.97 Å². The molecule has 2 rings (SSSR count). The van der Waals surface area contributed by atoms with E-state index >= 15 is 0 Å². The largest absolute Gasteiger partial charge is 0.464 e. The molecule has 7 nitrogen and oxygen atoms in total. The number of amides is 1. The summed E-state index contributed by atoms with van der Waals surface area (Å²) in [6.45, 7) is 9.14. The molecule has 1 atom stereocenters. The van der Waals surface area contributed by atoms with E-state index in [0.717, 1.165) is 55.5 Å². The second-order valence-electron chi connectivity index (χ2n) is 8.19. The first-order chi connectivity index (χ1) is 14.4. The molecule has 0 bridgehead atoms. The average molecular weight is 417 g/mol. The van der Waals surface area contributed by atoms with Crippen LogP contribution >= 0.6 is 0 Å². The van der Waals surface area contributed by atoms with Crippen molar-refractivity contribution < 1.29 is 14.3 Å². The lowest BCUT2D eigenvalue weighted by Crippen LogP contribution is -2.42. The second kappa shape index (κ2) is 12.3. The molecule has 2 aromatic heterocycles. The molecule has 1 amide bonds. The number of imidazole rings is 1. The maximum Gasteiger partial charge on any atom is 0.328 e. The Balaban J connectivity index is 1.64. The Labute approximate surface area is 179 Å². The lowest BCUT2D eigenvalue weighted by Gasteiger charge is -2.19. The molecular weight excluding hydrogens is 380 g/mol. The van der Waals surface area contributed by atoms with Gasteiger partial charge in [0.25, 0.3) is 0 Å². The van der Waals surface area contributed by atoms with Crippen LogP contribution < -0.4 is 5.32 Å². The predicted octanol–water partition coefficient (Wildman–Crippen LogP) is 4.17. The number of hydrogen-bond acceptors (Lipinski definition) is 5. The number of esters is 1. The maximum atomic E-state index is 12.2. The minimum atomic E-state index is -0.541. The van der Waals surface area contributed by atoms with Crippen molar-refractivity contribution >= 4 is 22.9 Å². The van der Waals surface area contributed by atoms with Crippen molar-refractivity contribution in [3.63, 3.8) is 0 Å². The Kier molecular flexibility index (Phi) is 9.77. The first kappa shape index (κ1) is 23.8. The molecule has 0 spiro atoms. The van der Waals surface area contributed by atoms with Crippen LogP contribution in [0.1, 0.15) is 71.5 Å². The summed E-state index contributed by atoms with van der Waals surface area (Å²) >= 11 is 0. The van der Waals surface area contributed by atoms with Gasteiger partial charge in [0, 0.05) is 19.2 Å². The minimum Gasteiger partial charge on any atom is -0.464 e. The molecule has 7 heteroatoms. The van der Waals surface area contributed by atoms with Gasteiger partial charge in [-0.25, -0.2) is 9.78 Å². The summed E-state index contributed by atoms with van der Waals surface area (Å²) in [5, 5.41) is 2.85. The van der Waals surface area contributed by atoms with Crippen LogP contribution in [0.4, 0.5) is 0 Å². The lowest BCUT2D eigenvalue weighted by atomic mass is 10.0. The van der Waals surface area contributed by atoms with E-state index in [9.17, 15) is 9.59 Å². The zero-order valence-electron chi connectivity index (χ0n) is 18.8. The number of aryl methyl sites for hydroxylation is 2.